The van der Waals surface area contributed by atoms with Gasteiger partial charge in [0.05, 0.1) is 18.1 Å². The van der Waals surface area contributed by atoms with E-state index in [-0.39, 0.29) is 19.6 Å². The highest BCUT2D eigenvalue weighted by atomic mass is 19.4. The standard InChI is InChI=1S/C12H19F3O4/c13-12(14,15)4-1-7-19-8-11(18)5-2-9(3-6-11)10(16)17/h9,18H,1-8H2,(H,16,17). The summed E-state index contributed by atoms with van der Waals surface area (Å²) in [4.78, 5) is 10.7. The van der Waals surface area contributed by atoms with Crippen molar-refractivity contribution in [3.8, 4) is 0 Å². The van der Waals surface area contributed by atoms with Crippen LogP contribution in [0.1, 0.15) is 38.5 Å². The fraction of sp³-hybridized carbons (Fsp3) is 0.917. The summed E-state index contributed by atoms with van der Waals surface area (Å²) in [5.74, 6) is -1.31. The lowest BCUT2D eigenvalue weighted by atomic mass is 9.79. The molecule has 0 amide bonds. The zero-order valence-electron chi connectivity index (χ0n) is 10.6. The predicted molar refractivity (Wildman–Crippen MR) is 60.7 cm³/mol. The van der Waals surface area contributed by atoms with E-state index < -0.39 is 30.1 Å². The second-order valence-corrected chi connectivity index (χ2v) is 5.11. The summed E-state index contributed by atoms with van der Waals surface area (Å²) in [5.41, 5.74) is -1.09. The summed E-state index contributed by atoms with van der Waals surface area (Å²) in [7, 11) is 0. The second kappa shape index (κ2) is 6.56. The van der Waals surface area contributed by atoms with E-state index in [2.05, 4.69) is 0 Å². The molecular formula is C12H19F3O4. The van der Waals surface area contributed by atoms with Gasteiger partial charge in [-0.3, -0.25) is 4.79 Å². The highest BCUT2D eigenvalue weighted by molar-refractivity contribution is 5.70. The highest BCUT2D eigenvalue weighted by Gasteiger charge is 2.36. The van der Waals surface area contributed by atoms with Crippen molar-refractivity contribution in [3.05, 3.63) is 0 Å². The molecule has 7 heteroatoms. The quantitative estimate of drug-likeness (QED) is 0.735. The average Bonchev–Trinajstić information content (AvgIpc) is 2.27. The molecule has 0 spiro atoms. The Morgan fingerprint density at radius 3 is 2.37 bits per heavy atom. The summed E-state index contributed by atoms with van der Waals surface area (Å²) in [6.07, 6.45) is -3.84. The van der Waals surface area contributed by atoms with E-state index in [4.69, 9.17) is 9.84 Å². The van der Waals surface area contributed by atoms with E-state index in [1.165, 1.54) is 0 Å². The molecule has 0 aromatic rings. The van der Waals surface area contributed by atoms with Crippen LogP contribution < -0.4 is 0 Å². The van der Waals surface area contributed by atoms with Gasteiger partial charge in [0.25, 0.3) is 0 Å². The van der Waals surface area contributed by atoms with Crippen LogP contribution in [0.3, 0.4) is 0 Å². The van der Waals surface area contributed by atoms with Gasteiger partial charge in [-0.1, -0.05) is 0 Å². The maximum absolute atomic E-state index is 11.9. The Labute approximate surface area is 109 Å². The number of carboxylic acid groups (broad SMARTS) is 1. The number of rotatable bonds is 6. The zero-order valence-corrected chi connectivity index (χ0v) is 10.6. The van der Waals surface area contributed by atoms with E-state index in [9.17, 15) is 23.1 Å². The van der Waals surface area contributed by atoms with Gasteiger partial charge >= 0.3 is 12.1 Å². The van der Waals surface area contributed by atoms with Gasteiger partial charge in [-0.15, -0.1) is 0 Å². The minimum Gasteiger partial charge on any atom is -0.481 e. The van der Waals surface area contributed by atoms with Gasteiger partial charge in [-0.2, -0.15) is 13.2 Å². The SMILES string of the molecule is O=C(O)C1CCC(O)(COCCCC(F)(F)F)CC1. The molecule has 0 aromatic carbocycles. The Morgan fingerprint density at radius 1 is 1.32 bits per heavy atom. The number of carboxylic acids is 1. The fourth-order valence-electron chi connectivity index (χ4n) is 2.18. The van der Waals surface area contributed by atoms with Crippen molar-refractivity contribution in [2.45, 2.75) is 50.3 Å². The fourth-order valence-corrected chi connectivity index (χ4v) is 2.18. The molecule has 1 fully saturated rings. The van der Waals surface area contributed by atoms with E-state index in [0.717, 1.165) is 0 Å². The van der Waals surface area contributed by atoms with Crippen LogP contribution in [0.25, 0.3) is 0 Å². The normalized spacial score (nSPS) is 28.3. The largest absolute Gasteiger partial charge is 0.481 e. The number of alkyl halides is 3. The molecule has 2 N–H and O–H groups in total. The molecule has 4 nitrogen and oxygen atoms in total. The van der Waals surface area contributed by atoms with Crippen LogP contribution in [-0.2, 0) is 9.53 Å². The van der Waals surface area contributed by atoms with Crippen LogP contribution in [0.2, 0.25) is 0 Å². The van der Waals surface area contributed by atoms with Gasteiger partial charge < -0.3 is 14.9 Å². The Bertz CT molecular complexity index is 296. The first-order valence-corrected chi connectivity index (χ1v) is 6.32. The average molecular weight is 284 g/mol. The molecule has 0 bridgehead atoms. The molecule has 1 aliphatic rings. The zero-order chi connectivity index (χ0) is 14.5. The Hall–Kier alpha value is -0.820. The van der Waals surface area contributed by atoms with Gasteiger partial charge in [0, 0.05) is 13.0 Å². The van der Waals surface area contributed by atoms with Crippen molar-refractivity contribution in [1.82, 2.24) is 0 Å². The lowest BCUT2D eigenvalue weighted by Gasteiger charge is -2.34. The van der Waals surface area contributed by atoms with Crippen LogP contribution in [-0.4, -0.2) is 41.2 Å². The van der Waals surface area contributed by atoms with E-state index in [0.29, 0.717) is 25.7 Å². The summed E-state index contributed by atoms with van der Waals surface area (Å²) < 4.78 is 40.7. The van der Waals surface area contributed by atoms with Crippen molar-refractivity contribution in [2.75, 3.05) is 13.2 Å². The summed E-state index contributed by atoms with van der Waals surface area (Å²) in [5, 5.41) is 18.9. The van der Waals surface area contributed by atoms with Crippen molar-refractivity contribution in [3.63, 3.8) is 0 Å². The molecule has 19 heavy (non-hydrogen) atoms. The molecule has 112 valence electrons. The van der Waals surface area contributed by atoms with E-state index in [1.54, 1.807) is 0 Å². The molecule has 1 saturated carbocycles. The number of aliphatic hydroxyl groups is 1. The Morgan fingerprint density at radius 2 is 1.89 bits per heavy atom. The lowest BCUT2D eigenvalue weighted by molar-refractivity contribution is -0.146. The topological polar surface area (TPSA) is 66.8 Å². The van der Waals surface area contributed by atoms with Gasteiger partial charge in [-0.25, -0.2) is 0 Å². The monoisotopic (exact) mass is 284 g/mol. The third kappa shape index (κ3) is 6.24. The molecule has 0 aliphatic heterocycles. The number of hydrogen-bond donors (Lipinski definition) is 2. The van der Waals surface area contributed by atoms with Crippen molar-refractivity contribution in [2.24, 2.45) is 5.92 Å². The van der Waals surface area contributed by atoms with Crippen molar-refractivity contribution >= 4 is 5.97 Å². The number of aliphatic carboxylic acids is 1. The summed E-state index contributed by atoms with van der Waals surface area (Å²) >= 11 is 0. The van der Waals surface area contributed by atoms with Gasteiger partial charge in [0.1, 0.15) is 0 Å². The van der Waals surface area contributed by atoms with Crippen molar-refractivity contribution < 1.29 is 32.9 Å². The minimum atomic E-state index is -4.18. The summed E-state index contributed by atoms with van der Waals surface area (Å²) in [6.45, 7) is -0.0820. The molecule has 1 rings (SSSR count). The van der Waals surface area contributed by atoms with Crippen LogP contribution in [0.4, 0.5) is 13.2 Å². The molecule has 0 atom stereocenters. The molecule has 0 heterocycles. The first-order chi connectivity index (χ1) is 8.72. The number of halogens is 3. The van der Waals surface area contributed by atoms with Gasteiger partial charge in [0.15, 0.2) is 0 Å². The number of hydrogen-bond acceptors (Lipinski definition) is 3. The second-order valence-electron chi connectivity index (χ2n) is 5.11. The number of ether oxygens (including phenoxy) is 1. The van der Waals surface area contributed by atoms with E-state index in [1.807, 2.05) is 0 Å². The van der Waals surface area contributed by atoms with Crippen LogP contribution in [0.15, 0.2) is 0 Å². The maximum Gasteiger partial charge on any atom is 0.389 e. The molecule has 0 saturated heterocycles. The highest BCUT2D eigenvalue weighted by Crippen LogP contribution is 2.32. The third-order valence-corrected chi connectivity index (χ3v) is 3.39. The van der Waals surface area contributed by atoms with Gasteiger partial charge in [-0.05, 0) is 32.1 Å². The molecule has 1 aliphatic carbocycles. The lowest BCUT2D eigenvalue weighted by Crippen LogP contribution is -2.40. The third-order valence-electron chi connectivity index (χ3n) is 3.39. The first-order valence-electron chi connectivity index (χ1n) is 6.32. The van der Waals surface area contributed by atoms with Gasteiger partial charge in [0.2, 0.25) is 0 Å². The summed E-state index contributed by atoms with van der Waals surface area (Å²) in [6, 6.07) is 0. The number of carbonyl (C=O) groups is 1. The van der Waals surface area contributed by atoms with Crippen LogP contribution in [0, 0.1) is 5.92 Å². The Kier molecular flexibility index (Phi) is 5.61. The molecule has 0 radical (unpaired) electrons. The smallest absolute Gasteiger partial charge is 0.389 e. The Balaban J connectivity index is 2.17. The van der Waals surface area contributed by atoms with Crippen molar-refractivity contribution in [1.29, 1.82) is 0 Å². The molecule has 0 aromatic heterocycles. The van der Waals surface area contributed by atoms with Crippen LogP contribution in [0.5, 0.6) is 0 Å². The van der Waals surface area contributed by atoms with Crippen LogP contribution >= 0.6 is 0 Å². The predicted octanol–water partition coefficient (Wildman–Crippen LogP) is 2.35. The maximum atomic E-state index is 11.9. The minimum absolute atomic E-state index is 0.0306. The molecular weight excluding hydrogens is 265 g/mol. The first kappa shape index (κ1) is 16.2. The van der Waals surface area contributed by atoms with E-state index >= 15 is 0 Å². The molecule has 0 unspecified atom stereocenters.